The van der Waals surface area contributed by atoms with Gasteiger partial charge in [0.05, 0.1) is 70.7 Å². The zero-order valence-corrected chi connectivity index (χ0v) is 40.7. The predicted molar refractivity (Wildman–Crippen MR) is 265 cm³/mol. The minimum atomic E-state index is -0.738. The van der Waals surface area contributed by atoms with E-state index in [0.29, 0.717) is 141 Å². The summed E-state index contributed by atoms with van der Waals surface area (Å²) in [6, 6.07) is 7.16. The van der Waals surface area contributed by atoms with Crippen LogP contribution in [0.4, 0.5) is 17.8 Å². The Morgan fingerprint density at radius 3 is 1.87 bits per heavy atom. The van der Waals surface area contributed by atoms with Gasteiger partial charge in [0.15, 0.2) is 0 Å². The molecule has 25 nitrogen and oxygen atoms in total. The molecular weight excluding hydrogens is 940 g/mol. The van der Waals surface area contributed by atoms with Crippen molar-refractivity contribution in [1.29, 1.82) is 0 Å². The van der Waals surface area contributed by atoms with E-state index in [1.54, 1.807) is 12.4 Å². The van der Waals surface area contributed by atoms with E-state index in [-0.39, 0.29) is 44.0 Å². The fraction of sp³-hybridized carbons (Fsp3) is 0.578. The van der Waals surface area contributed by atoms with E-state index < -0.39 is 24.2 Å². The molecule has 0 unspecified atom stereocenters. The molecule has 6 heterocycles. The first-order valence-corrected chi connectivity index (χ1v) is 23.8. The molecule has 0 saturated carbocycles. The average Bonchev–Trinajstić information content (AvgIpc) is 4.19. The van der Waals surface area contributed by atoms with Crippen LogP contribution in [0.3, 0.4) is 0 Å². The molecule has 10 N–H and O–H groups in total. The molecular formula is C45H67ClN18O7. The molecule has 26 heteroatoms. The van der Waals surface area contributed by atoms with Gasteiger partial charge in [0.2, 0.25) is 29.7 Å². The molecule has 0 bridgehead atoms. The Kier molecular flexibility index (Phi) is 21.0. The Balaban J connectivity index is 0.00000825. The summed E-state index contributed by atoms with van der Waals surface area (Å²) in [6.07, 6.45) is 10.8. The number of aromatic amines is 1. The lowest BCUT2D eigenvalue weighted by atomic mass is 10.1. The maximum atomic E-state index is 14.5. The van der Waals surface area contributed by atoms with Gasteiger partial charge in [-0.1, -0.05) is 34.5 Å². The summed E-state index contributed by atoms with van der Waals surface area (Å²) >= 11 is 0. The van der Waals surface area contributed by atoms with Gasteiger partial charge in [-0.25, -0.2) is 9.36 Å². The highest BCUT2D eigenvalue weighted by molar-refractivity contribution is 5.85. The van der Waals surface area contributed by atoms with Crippen molar-refractivity contribution >= 4 is 53.0 Å². The number of piperazine rings is 2. The summed E-state index contributed by atoms with van der Waals surface area (Å²) in [5.41, 5.74) is 20.5. The average molecular weight is 1010 g/mol. The number of carbonyl (C=O) groups is 2. The number of rotatable bonds is 27. The molecule has 71 heavy (non-hydrogen) atoms. The third-order valence-electron chi connectivity index (χ3n) is 12.2. The normalized spacial score (nSPS) is 15.8. The number of benzene rings is 1. The van der Waals surface area contributed by atoms with Crippen molar-refractivity contribution in [1.82, 2.24) is 59.7 Å². The van der Waals surface area contributed by atoms with Gasteiger partial charge in [0.1, 0.15) is 30.1 Å². The Morgan fingerprint density at radius 1 is 0.761 bits per heavy atom. The largest absolute Gasteiger partial charge is 0.394 e. The van der Waals surface area contributed by atoms with Crippen molar-refractivity contribution in [2.75, 3.05) is 133 Å². The molecule has 0 radical (unpaired) electrons. The van der Waals surface area contributed by atoms with Crippen LogP contribution in [0.25, 0.3) is 10.9 Å². The van der Waals surface area contributed by atoms with Gasteiger partial charge in [-0.2, -0.15) is 15.0 Å². The molecule has 2 aliphatic rings. The van der Waals surface area contributed by atoms with Gasteiger partial charge in [-0.05, 0) is 43.3 Å². The lowest BCUT2D eigenvalue weighted by molar-refractivity contribution is -0.136. The van der Waals surface area contributed by atoms with Crippen molar-refractivity contribution in [2.24, 2.45) is 17.2 Å². The van der Waals surface area contributed by atoms with Crippen molar-refractivity contribution in [3.05, 3.63) is 59.8 Å². The quantitative estimate of drug-likeness (QED) is 0.0250. The number of para-hydroxylation sites is 1. The summed E-state index contributed by atoms with van der Waals surface area (Å²) in [7, 11) is 0. The van der Waals surface area contributed by atoms with Crippen LogP contribution in [-0.4, -0.2) is 200 Å². The van der Waals surface area contributed by atoms with Crippen LogP contribution in [0.1, 0.15) is 60.5 Å². The summed E-state index contributed by atoms with van der Waals surface area (Å²) in [5.74, 6) is 3.42. The third-order valence-corrected chi connectivity index (χ3v) is 12.2. The summed E-state index contributed by atoms with van der Waals surface area (Å²) < 4.78 is 19.6. The van der Waals surface area contributed by atoms with Crippen molar-refractivity contribution in [3.8, 4) is 12.3 Å². The Labute approximate surface area is 418 Å². The zero-order valence-electron chi connectivity index (χ0n) is 39.9. The highest BCUT2D eigenvalue weighted by Crippen LogP contribution is 2.26. The molecule has 2 saturated heterocycles. The first-order valence-electron chi connectivity index (χ1n) is 23.8. The first kappa shape index (κ1) is 54.3. The highest BCUT2D eigenvalue weighted by atomic mass is 35.5. The number of anilines is 3. The van der Waals surface area contributed by atoms with Crippen molar-refractivity contribution in [3.63, 3.8) is 0 Å². The Bertz CT molecular complexity index is 2420. The third kappa shape index (κ3) is 14.7. The second-order valence-electron chi connectivity index (χ2n) is 17.0. The standard InChI is InChI=1S/C45H66N18O7.ClH/c1-2-20-68-22-24-70-25-23-69-21-11-49-43-51-44(60-16-12-58(13-17-60)41(66)39(9-5-6-10-46)62-28-37(54-56-62)34(47)30-64)53-45(52-43)61-18-14-59(15-19-61)42(67)40(63-29-38(55-57-63)35(48)31-65)27-33-26-32-7-3-4-8-36(32)50-33;/h1,3-4,7-8,26,28-29,34-35,39-40,50,64-65H,5-6,9-25,27,30-31,46-48H2,(H,49,51,52,53);1H/t34-,35-,39-,40-;/m0./s1. The number of amides is 2. The van der Waals surface area contributed by atoms with E-state index in [1.807, 2.05) is 49.9 Å². The monoisotopic (exact) mass is 1010 g/mol. The second-order valence-corrected chi connectivity index (χ2v) is 17.0. The molecule has 2 amide bonds. The number of nitrogens with one attached hydrogen (secondary N) is 2. The molecule has 2 fully saturated rings. The summed E-state index contributed by atoms with van der Waals surface area (Å²) in [4.78, 5) is 54.3. The molecule has 0 spiro atoms. The number of terminal acetylenes is 1. The molecule has 386 valence electrons. The number of H-pyrrole nitrogens is 1. The van der Waals surface area contributed by atoms with Gasteiger partial charge in [-0.3, -0.25) is 9.59 Å². The molecule has 2 aliphatic heterocycles. The van der Waals surface area contributed by atoms with Gasteiger partial charge in [0, 0.05) is 76.5 Å². The summed E-state index contributed by atoms with van der Waals surface area (Å²) in [5, 5.41) is 40.4. The number of hydrogen-bond acceptors (Lipinski definition) is 20. The number of carbonyl (C=O) groups excluding carboxylic acids is 2. The van der Waals surface area contributed by atoms with Crippen LogP contribution in [-0.2, 0) is 30.2 Å². The lowest BCUT2D eigenvalue weighted by Gasteiger charge is -2.38. The van der Waals surface area contributed by atoms with Gasteiger partial charge >= 0.3 is 0 Å². The number of aliphatic hydroxyl groups excluding tert-OH is 2. The predicted octanol–water partition coefficient (Wildman–Crippen LogP) is -0.812. The number of hydrogen-bond donors (Lipinski definition) is 7. The topological polar surface area (TPSA) is 321 Å². The second kappa shape index (κ2) is 27.5. The number of aromatic nitrogens is 10. The minimum Gasteiger partial charge on any atom is -0.394 e. The maximum absolute atomic E-state index is 14.5. The molecule has 1 aromatic carbocycles. The fourth-order valence-electron chi connectivity index (χ4n) is 8.21. The van der Waals surface area contributed by atoms with E-state index in [2.05, 4.69) is 36.8 Å². The first-order chi connectivity index (χ1) is 34.2. The van der Waals surface area contributed by atoms with Crippen molar-refractivity contribution < 1.29 is 34.0 Å². The molecule has 4 aromatic heterocycles. The van der Waals surface area contributed by atoms with E-state index >= 15 is 0 Å². The minimum absolute atomic E-state index is 0. The number of ether oxygens (including phenoxy) is 3. The van der Waals surface area contributed by atoms with Crippen molar-refractivity contribution in [2.45, 2.75) is 49.9 Å². The van der Waals surface area contributed by atoms with Crippen LogP contribution in [0, 0.1) is 12.3 Å². The van der Waals surface area contributed by atoms with Gasteiger partial charge in [-0.15, -0.1) is 29.0 Å². The number of fused-ring (bicyclic) bond motifs is 1. The van der Waals surface area contributed by atoms with Crippen LogP contribution < -0.4 is 32.3 Å². The number of halogens is 1. The van der Waals surface area contributed by atoms with E-state index in [1.165, 1.54) is 9.36 Å². The molecule has 5 aromatic rings. The van der Waals surface area contributed by atoms with E-state index in [0.717, 1.165) is 29.4 Å². The Morgan fingerprint density at radius 2 is 1.31 bits per heavy atom. The van der Waals surface area contributed by atoms with E-state index in [9.17, 15) is 19.8 Å². The SMILES string of the molecule is C#CCOCCOCCOCCNc1nc(N2CCN(C(=O)[C@H](CCCCN)n3cc([C@@H](N)CO)nn3)CC2)nc(N2CCN(C(=O)[C@H](Cc3cc4ccccc4[nH]3)n3cc([C@@H](N)CO)nn3)CC2)n1.Cl. The Hall–Kier alpha value is -6.08. The molecule has 4 atom stereocenters. The highest BCUT2D eigenvalue weighted by Gasteiger charge is 2.34. The molecule has 0 aliphatic carbocycles. The van der Waals surface area contributed by atoms with Crippen LogP contribution in [0.2, 0.25) is 0 Å². The van der Waals surface area contributed by atoms with Gasteiger partial charge in [0.25, 0.3) is 0 Å². The smallest absolute Gasteiger partial charge is 0.248 e. The number of aliphatic hydroxyl groups is 2. The lowest BCUT2D eigenvalue weighted by Crippen LogP contribution is -2.52. The maximum Gasteiger partial charge on any atom is 0.248 e. The number of nitrogens with two attached hydrogens (primary N) is 3. The molecule has 7 rings (SSSR count). The summed E-state index contributed by atoms with van der Waals surface area (Å²) in [6.45, 7) is 5.84. The van der Waals surface area contributed by atoms with E-state index in [4.69, 9.17) is 52.8 Å². The fourth-order valence-corrected chi connectivity index (χ4v) is 8.21. The zero-order chi connectivity index (χ0) is 49.2. The number of nitrogens with zero attached hydrogens (tertiary/aromatic N) is 13. The van der Waals surface area contributed by atoms with Crippen LogP contribution in [0.15, 0.2) is 42.7 Å². The van der Waals surface area contributed by atoms with Crippen LogP contribution in [0.5, 0.6) is 0 Å². The number of unbranched alkanes of at least 4 members (excludes halogenated alkanes) is 1. The van der Waals surface area contributed by atoms with Crippen LogP contribution >= 0.6 is 12.4 Å². The van der Waals surface area contributed by atoms with Gasteiger partial charge < -0.3 is 71.5 Å².